The molecule has 0 aliphatic rings. The van der Waals surface area contributed by atoms with E-state index in [1.54, 1.807) is 54.6 Å². The van der Waals surface area contributed by atoms with Crippen molar-refractivity contribution in [3.8, 4) is 23.3 Å². The van der Waals surface area contributed by atoms with Crippen molar-refractivity contribution in [2.24, 2.45) is 0 Å². The number of hydrogen-bond donors (Lipinski definition) is 0. The summed E-state index contributed by atoms with van der Waals surface area (Å²) in [5.41, 5.74) is 0.734. The van der Waals surface area contributed by atoms with Gasteiger partial charge in [-0.2, -0.15) is 5.26 Å². The van der Waals surface area contributed by atoms with Crippen LogP contribution in [0, 0.1) is 11.3 Å². The second-order valence-corrected chi connectivity index (χ2v) is 4.94. The Morgan fingerprint density at radius 2 is 1.54 bits per heavy atom. The van der Waals surface area contributed by atoms with Crippen molar-refractivity contribution >= 4 is 5.97 Å². The van der Waals surface area contributed by atoms with Crippen LogP contribution in [0.5, 0.6) is 17.2 Å². The van der Waals surface area contributed by atoms with E-state index in [2.05, 4.69) is 0 Å². The van der Waals surface area contributed by atoms with Gasteiger partial charge in [0.05, 0.1) is 11.6 Å². The number of hydrogen-bond acceptors (Lipinski definition) is 4. The summed E-state index contributed by atoms with van der Waals surface area (Å²) in [6.07, 6.45) is 0. The predicted molar refractivity (Wildman–Crippen MR) is 89.1 cm³/mol. The van der Waals surface area contributed by atoms with Crippen LogP contribution in [-0.2, 0) is 0 Å². The molecular formula is C20H13NO3. The molecule has 3 rings (SSSR count). The molecule has 3 aromatic rings. The van der Waals surface area contributed by atoms with Gasteiger partial charge in [-0.1, -0.05) is 36.4 Å². The minimum atomic E-state index is -0.545. The number of carbonyl (C=O) groups is 1. The molecular weight excluding hydrogens is 302 g/mol. The lowest BCUT2D eigenvalue weighted by atomic mass is 10.2. The second kappa shape index (κ2) is 7.12. The van der Waals surface area contributed by atoms with E-state index in [-0.39, 0.29) is 0 Å². The first kappa shape index (κ1) is 15.3. The van der Waals surface area contributed by atoms with Crippen LogP contribution in [-0.4, -0.2) is 5.97 Å². The highest BCUT2D eigenvalue weighted by Gasteiger charge is 2.15. The minimum Gasteiger partial charge on any atom is -0.456 e. The van der Waals surface area contributed by atoms with Crippen LogP contribution < -0.4 is 9.47 Å². The summed E-state index contributed by atoms with van der Waals surface area (Å²) < 4.78 is 11.1. The zero-order valence-electron chi connectivity index (χ0n) is 12.7. The minimum absolute atomic E-state index is 0.309. The molecule has 0 fully saturated rings. The predicted octanol–water partition coefficient (Wildman–Crippen LogP) is 4.57. The number of nitrogens with zero attached hydrogens (tertiary/aromatic N) is 1. The summed E-state index contributed by atoms with van der Waals surface area (Å²) >= 11 is 0. The molecule has 0 bridgehead atoms. The summed E-state index contributed by atoms with van der Waals surface area (Å²) in [6.45, 7) is 0. The molecule has 0 radical (unpaired) electrons. The zero-order valence-corrected chi connectivity index (χ0v) is 12.7. The average molecular weight is 315 g/mol. The number of para-hydroxylation sites is 2. The molecule has 0 unspecified atom stereocenters. The maximum Gasteiger partial charge on any atom is 0.347 e. The van der Waals surface area contributed by atoms with Crippen molar-refractivity contribution in [1.29, 1.82) is 5.26 Å². The molecule has 0 heterocycles. The molecule has 0 N–H and O–H groups in total. The summed E-state index contributed by atoms with van der Waals surface area (Å²) in [4.78, 5) is 12.4. The van der Waals surface area contributed by atoms with E-state index >= 15 is 0 Å². The Bertz CT molecular complexity index is 898. The van der Waals surface area contributed by atoms with Gasteiger partial charge in [-0.15, -0.1) is 0 Å². The Morgan fingerprint density at radius 1 is 0.833 bits per heavy atom. The quantitative estimate of drug-likeness (QED) is 0.522. The summed E-state index contributed by atoms with van der Waals surface area (Å²) in [7, 11) is 0. The van der Waals surface area contributed by atoms with Crippen LogP contribution in [0.1, 0.15) is 15.9 Å². The van der Waals surface area contributed by atoms with Gasteiger partial charge in [0.15, 0.2) is 0 Å². The standard InChI is InChI=1S/C20H13NO3/c21-14-15-7-6-10-17(13-15)24-20(22)18-11-4-5-12-19(18)23-16-8-2-1-3-9-16/h1-13H. The second-order valence-electron chi connectivity index (χ2n) is 4.94. The van der Waals surface area contributed by atoms with Crippen molar-refractivity contribution in [2.75, 3.05) is 0 Å². The number of nitriles is 1. The van der Waals surface area contributed by atoms with Crippen LogP contribution in [0.4, 0.5) is 0 Å². The van der Waals surface area contributed by atoms with E-state index in [4.69, 9.17) is 14.7 Å². The maximum absolute atomic E-state index is 12.4. The van der Waals surface area contributed by atoms with Crippen molar-refractivity contribution in [1.82, 2.24) is 0 Å². The summed E-state index contributed by atoms with van der Waals surface area (Å²) in [6, 6.07) is 24.5. The Hall–Kier alpha value is -3.58. The third-order valence-corrected chi connectivity index (χ3v) is 3.25. The zero-order chi connectivity index (χ0) is 16.8. The SMILES string of the molecule is N#Cc1cccc(OC(=O)c2ccccc2Oc2ccccc2)c1. The van der Waals surface area contributed by atoms with Crippen LogP contribution in [0.3, 0.4) is 0 Å². The van der Waals surface area contributed by atoms with Gasteiger partial charge < -0.3 is 9.47 Å². The smallest absolute Gasteiger partial charge is 0.347 e. The molecule has 24 heavy (non-hydrogen) atoms. The largest absolute Gasteiger partial charge is 0.456 e. The molecule has 4 nitrogen and oxygen atoms in total. The molecule has 116 valence electrons. The van der Waals surface area contributed by atoms with Gasteiger partial charge in [-0.25, -0.2) is 4.79 Å². The lowest BCUT2D eigenvalue weighted by molar-refractivity contribution is 0.0732. The van der Waals surface area contributed by atoms with Crippen molar-refractivity contribution < 1.29 is 14.3 Å². The number of ether oxygens (including phenoxy) is 2. The van der Waals surface area contributed by atoms with Gasteiger partial charge >= 0.3 is 5.97 Å². The fourth-order valence-electron chi connectivity index (χ4n) is 2.13. The third kappa shape index (κ3) is 3.60. The highest BCUT2D eigenvalue weighted by atomic mass is 16.5. The van der Waals surface area contributed by atoms with E-state index in [1.807, 2.05) is 24.3 Å². The molecule has 3 aromatic carbocycles. The molecule has 0 aliphatic heterocycles. The van der Waals surface area contributed by atoms with E-state index in [1.165, 1.54) is 6.07 Å². The Morgan fingerprint density at radius 3 is 2.33 bits per heavy atom. The Balaban J connectivity index is 1.83. The van der Waals surface area contributed by atoms with Gasteiger partial charge in [-0.05, 0) is 42.5 Å². The van der Waals surface area contributed by atoms with E-state index in [9.17, 15) is 4.79 Å². The van der Waals surface area contributed by atoms with Crippen molar-refractivity contribution in [3.05, 3.63) is 90.0 Å². The fraction of sp³-hybridized carbons (Fsp3) is 0. The number of rotatable bonds is 4. The van der Waals surface area contributed by atoms with Crippen LogP contribution in [0.2, 0.25) is 0 Å². The molecule has 0 amide bonds. The first-order valence-electron chi connectivity index (χ1n) is 7.30. The van der Waals surface area contributed by atoms with Crippen LogP contribution in [0.15, 0.2) is 78.9 Å². The molecule has 0 saturated heterocycles. The lowest BCUT2D eigenvalue weighted by Crippen LogP contribution is -2.10. The maximum atomic E-state index is 12.4. The fourth-order valence-corrected chi connectivity index (χ4v) is 2.13. The average Bonchev–Trinajstić information content (AvgIpc) is 2.63. The highest BCUT2D eigenvalue weighted by Crippen LogP contribution is 2.26. The first-order valence-corrected chi connectivity index (χ1v) is 7.30. The molecule has 4 heteroatoms. The van der Waals surface area contributed by atoms with E-state index < -0.39 is 5.97 Å². The number of esters is 1. The third-order valence-electron chi connectivity index (χ3n) is 3.25. The monoisotopic (exact) mass is 315 g/mol. The first-order chi connectivity index (χ1) is 11.8. The number of carbonyl (C=O) groups excluding carboxylic acids is 1. The molecule has 0 aliphatic carbocycles. The Labute approximate surface area is 139 Å². The van der Waals surface area contributed by atoms with Crippen LogP contribution >= 0.6 is 0 Å². The van der Waals surface area contributed by atoms with Gasteiger partial charge in [0, 0.05) is 0 Å². The van der Waals surface area contributed by atoms with Gasteiger partial charge in [0.1, 0.15) is 22.8 Å². The van der Waals surface area contributed by atoms with Gasteiger partial charge in [0.2, 0.25) is 0 Å². The van der Waals surface area contributed by atoms with Gasteiger partial charge in [-0.3, -0.25) is 0 Å². The summed E-state index contributed by atoms with van der Waals surface area (Å²) in [5, 5.41) is 8.91. The molecule has 0 atom stereocenters. The van der Waals surface area contributed by atoms with Crippen LogP contribution in [0.25, 0.3) is 0 Å². The Kier molecular flexibility index (Phi) is 4.55. The van der Waals surface area contributed by atoms with E-state index in [0.717, 1.165) is 0 Å². The molecule has 0 spiro atoms. The van der Waals surface area contributed by atoms with Crippen molar-refractivity contribution in [3.63, 3.8) is 0 Å². The normalized spacial score (nSPS) is 9.79. The van der Waals surface area contributed by atoms with E-state index in [0.29, 0.717) is 28.4 Å². The van der Waals surface area contributed by atoms with Crippen molar-refractivity contribution in [2.45, 2.75) is 0 Å². The van der Waals surface area contributed by atoms with Gasteiger partial charge in [0.25, 0.3) is 0 Å². The lowest BCUT2D eigenvalue weighted by Gasteiger charge is -2.10. The number of benzene rings is 3. The summed E-state index contributed by atoms with van der Waals surface area (Å²) in [5.74, 6) is 0.805. The highest BCUT2D eigenvalue weighted by molar-refractivity contribution is 5.94. The molecule has 0 aromatic heterocycles. The molecule has 0 saturated carbocycles. The topological polar surface area (TPSA) is 59.3 Å².